The van der Waals surface area contributed by atoms with Crippen molar-refractivity contribution in [1.29, 1.82) is 0 Å². The number of thiophene rings is 1. The number of hydrogen-bond acceptors (Lipinski definition) is 5. The van der Waals surface area contributed by atoms with Crippen LogP contribution >= 0.6 is 11.3 Å². The van der Waals surface area contributed by atoms with E-state index in [1.165, 1.54) is 11.3 Å². The Morgan fingerprint density at radius 1 is 1.38 bits per heavy atom. The topological polar surface area (TPSA) is 67.4 Å². The average Bonchev–Trinajstić information content (AvgIpc) is 2.69. The molecule has 2 N–H and O–H groups in total. The average molecular weight is 346 g/mol. The molecule has 1 aromatic heterocycles. The summed E-state index contributed by atoms with van der Waals surface area (Å²) in [5.74, 6) is 0. The quantitative estimate of drug-likeness (QED) is 0.702. The monoisotopic (exact) mass is 346 g/mol. The van der Waals surface area contributed by atoms with Crippen LogP contribution in [0.1, 0.15) is 10.4 Å². The fourth-order valence-electron chi connectivity index (χ4n) is 1.64. The molecule has 0 saturated heterocycles. The standard InChI is InChI=1S/C11H17F3N2O3S2/c1-8-6-20-9(5-15-2)10(8)21(17,18)16-3-4-19-7-11(12,13)14/h6,15-16H,3-5,7H2,1-2H3. The predicted molar refractivity (Wildman–Crippen MR) is 73.9 cm³/mol. The van der Waals surface area contributed by atoms with E-state index in [2.05, 4.69) is 14.8 Å². The molecule has 0 spiro atoms. The Labute approximate surface area is 125 Å². The summed E-state index contributed by atoms with van der Waals surface area (Å²) in [5.41, 5.74) is 0.606. The summed E-state index contributed by atoms with van der Waals surface area (Å²) in [6, 6.07) is 0. The van der Waals surface area contributed by atoms with Crippen molar-refractivity contribution in [1.82, 2.24) is 10.0 Å². The molecule has 1 rings (SSSR count). The highest BCUT2D eigenvalue weighted by Gasteiger charge is 2.27. The zero-order valence-corrected chi connectivity index (χ0v) is 13.2. The minimum absolute atomic E-state index is 0.178. The predicted octanol–water partition coefficient (Wildman–Crippen LogP) is 1.63. The third kappa shape index (κ3) is 5.91. The van der Waals surface area contributed by atoms with E-state index in [9.17, 15) is 21.6 Å². The molecule has 0 fully saturated rings. The second kappa shape index (κ2) is 7.54. The third-order valence-electron chi connectivity index (χ3n) is 2.40. The SMILES string of the molecule is CNCc1scc(C)c1S(=O)(=O)NCCOCC(F)(F)F. The molecule has 0 atom stereocenters. The second-order valence-corrected chi connectivity index (χ2v) is 6.93. The first-order valence-electron chi connectivity index (χ1n) is 6.03. The Morgan fingerprint density at radius 2 is 2.05 bits per heavy atom. The fourth-order valence-corrected chi connectivity index (χ4v) is 4.47. The van der Waals surface area contributed by atoms with E-state index in [1.54, 1.807) is 19.4 Å². The number of rotatable bonds is 8. The van der Waals surface area contributed by atoms with E-state index in [1.807, 2.05) is 0 Å². The lowest BCUT2D eigenvalue weighted by atomic mass is 10.3. The van der Waals surface area contributed by atoms with E-state index in [4.69, 9.17) is 0 Å². The highest BCUT2D eigenvalue weighted by Crippen LogP contribution is 2.26. The number of hydrogen-bond donors (Lipinski definition) is 2. The van der Waals surface area contributed by atoms with Crippen LogP contribution in [0.25, 0.3) is 0 Å². The van der Waals surface area contributed by atoms with Crippen molar-refractivity contribution in [3.05, 3.63) is 15.8 Å². The van der Waals surface area contributed by atoms with Gasteiger partial charge >= 0.3 is 6.18 Å². The molecule has 0 amide bonds. The zero-order valence-electron chi connectivity index (χ0n) is 11.6. The first-order valence-corrected chi connectivity index (χ1v) is 8.39. The number of sulfonamides is 1. The van der Waals surface area contributed by atoms with Gasteiger partial charge in [-0.05, 0) is 24.9 Å². The Bertz CT molecular complexity index is 556. The van der Waals surface area contributed by atoms with Crippen molar-refractivity contribution in [2.75, 3.05) is 26.8 Å². The zero-order chi connectivity index (χ0) is 16.1. The molecule has 0 aliphatic carbocycles. The molecule has 0 aromatic carbocycles. The summed E-state index contributed by atoms with van der Waals surface area (Å²) in [4.78, 5) is 0.830. The van der Waals surface area contributed by atoms with Gasteiger partial charge in [-0.25, -0.2) is 13.1 Å². The van der Waals surface area contributed by atoms with E-state index in [0.717, 1.165) is 0 Å². The maximum absolute atomic E-state index is 12.2. The van der Waals surface area contributed by atoms with Crippen molar-refractivity contribution >= 4 is 21.4 Å². The van der Waals surface area contributed by atoms with E-state index in [-0.39, 0.29) is 18.0 Å². The molecular formula is C11H17F3N2O3S2. The van der Waals surface area contributed by atoms with Crippen LogP contribution in [-0.2, 0) is 21.3 Å². The summed E-state index contributed by atoms with van der Waals surface area (Å²) < 4.78 is 66.5. The van der Waals surface area contributed by atoms with Crippen LogP contribution in [0.15, 0.2) is 10.3 Å². The highest BCUT2D eigenvalue weighted by molar-refractivity contribution is 7.89. The smallest absolute Gasteiger partial charge is 0.371 e. The van der Waals surface area contributed by atoms with Gasteiger partial charge in [0.2, 0.25) is 10.0 Å². The number of nitrogens with one attached hydrogen (secondary N) is 2. The van der Waals surface area contributed by atoms with Crippen molar-refractivity contribution in [2.24, 2.45) is 0 Å². The van der Waals surface area contributed by atoms with Crippen LogP contribution in [-0.4, -0.2) is 41.4 Å². The molecule has 122 valence electrons. The van der Waals surface area contributed by atoms with E-state index < -0.39 is 22.8 Å². The number of alkyl halides is 3. The summed E-state index contributed by atoms with van der Waals surface area (Å²) >= 11 is 1.31. The number of halogens is 3. The fraction of sp³-hybridized carbons (Fsp3) is 0.636. The Morgan fingerprint density at radius 3 is 2.62 bits per heavy atom. The summed E-state index contributed by atoms with van der Waals surface area (Å²) in [6.07, 6.45) is -4.41. The minimum atomic E-state index is -4.41. The van der Waals surface area contributed by atoms with Crippen LogP contribution in [0.5, 0.6) is 0 Å². The Balaban J connectivity index is 2.60. The molecule has 0 radical (unpaired) electrons. The van der Waals surface area contributed by atoms with E-state index >= 15 is 0 Å². The van der Waals surface area contributed by atoms with E-state index in [0.29, 0.717) is 17.0 Å². The molecule has 1 aromatic rings. The normalized spacial score (nSPS) is 12.8. The van der Waals surface area contributed by atoms with Crippen LogP contribution in [0.4, 0.5) is 13.2 Å². The van der Waals surface area contributed by atoms with Crippen molar-refractivity contribution < 1.29 is 26.3 Å². The van der Waals surface area contributed by atoms with Gasteiger partial charge in [0.25, 0.3) is 0 Å². The lowest BCUT2D eigenvalue weighted by Gasteiger charge is -2.10. The Hall–Kier alpha value is -0.680. The molecule has 0 bridgehead atoms. The van der Waals surface area contributed by atoms with Gasteiger partial charge in [0.05, 0.1) is 6.61 Å². The number of aryl methyl sites for hydroxylation is 1. The maximum atomic E-state index is 12.2. The van der Waals surface area contributed by atoms with Gasteiger partial charge in [0, 0.05) is 18.0 Å². The van der Waals surface area contributed by atoms with Crippen LogP contribution in [0.2, 0.25) is 0 Å². The molecule has 0 unspecified atom stereocenters. The van der Waals surface area contributed by atoms with Gasteiger partial charge in [0.15, 0.2) is 0 Å². The van der Waals surface area contributed by atoms with Crippen LogP contribution in [0, 0.1) is 6.92 Å². The van der Waals surface area contributed by atoms with Crippen LogP contribution in [0.3, 0.4) is 0 Å². The third-order valence-corrected chi connectivity index (χ3v) is 5.32. The highest BCUT2D eigenvalue weighted by atomic mass is 32.2. The van der Waals surface area contributed by atoms with Gasteiger partial charge in [-0.1, -0.05) is 0 Å². The molecule has 0 saturated carbocycles. The van der Waals surface area contributed by atoms with Gasteiger partial charge in [0.1, 0.15) is 11.5 Å². The second-order valence-electron chi connectivity index (χ2n) is 4.27. The van der Waals surface area contributed by atoms with Crippen molar-refractivity contribution in [2.45, 2.75) is 24.5 Å². The first-order chi connectivity index (χ1) is 9.67. The summed E-state index contributed by atoms with van der Waals surface area (Å²) in [5, 5.41) is 4.59. The maximum Gasteiger partial charge on any atom is 0.411 e. The molecule has 0 aliphatic rings. The lowest BCUT2D eigenvalue weighted by Crippen LogP contribution is -2.30. The Kier molecular flexibility index (Phi) is 6.60. The summed E-state index contributed by atoms with van der Waals surface area (Å²) in [6.45, 7) is 0.122. The molecule has 1 heterocycles. The van der Waals surface area contributed by atoms with Crippen LogP contribution < -0.4 is 10.0 Å². The largest absolute Gasteiger partial charge is 0.411 e. The van der Waals surface area contributed by atoms with Gasteiger partial charge in [-0.3, -0.25) is 0 Å². The minimum Gasteiger partial charge on any atom is -0.371 e. The first kappa shape index (κ1) is 18.4. The van der Waals surface area contributed by atoms with Crippen molar-refractivity contribution in [3.8, 4) is 0 Å². The number of ether oxygens (including phenoxy) is 1. The molecule has 21 heavy (non-hydrogen) atoms. The molecule has 5 nitrogen and oxygen atoms in total. The van der Waals surface area contributed by atoms with Gasteiger partial charge in [-0.15, -0.1) is 11.3 Å². The molecular weight excluding hydrogens is 329 g/mol. The lowest BCUT2D eigenvalue weighted by molar-refractivity contribution is -0.173. The summed E-state index contributed by atoms with van der Waals surface area (Å²) in [7, 11) is -2.06. The molecule has 0 aliphatic heterocycles. The van der Waals surface area contributed by atoms with Gasteiger partial charge < -0.3 is 10.1 Å². The van der Waals surface area contributed by atoms with Crippen molar-refractivity contribution in [3.63, 3.8) is 0 Å². The molecule has 10 heteroatoms. The van der Waals surface area contributed by atoms with Gasteiger partial charge in [-0.2, -0.15) is 13.2 Å².